The topological polar surface area (TPSA) is 30.7 Å². The van der Waals surface area contributed by atoms with E-state index in [0.29, 0.717) is 11.3 Å². The Morgan fingerprint density at radius 1 is 1.00 bits per heavy atom. The van der Waals surface area contributed by atoms with Gasteiger partial charge in [-0.3, -0.25) is 4.68 Å². The number of aromatic nitrogens is 3. The van der Waals surface area contributed by atoms with Crippen molar-refractivity contribution in [2.24, 2.45) is 0 Å². The molecule has 0 amide bonds. The largest absolute Gasteiger partial charge is 0.268 e. The Hall–Kier alpha value is -3.08. The lowest BCUT2D eigenvalue weighted by molar-refractivity contribution is 0.569. The Labute approximate surface area is 155 Å². The molecule has 5 heteroatoms. The number of aryl methyl sites for hydroxylation is 1. The summed E-state index contributed by atoms with van der Waals surface area (Å²) in [5, 5.41) is 5.71. The zero-order valence-electron chi connectivity index (χ0n) is 14.8. The molecule has 2 aromatic carbocycles. The molecule has 3 nitrogen and oxygen atoms in total. The van der Waals surface area contributed by atoms with Gasteiger partial charge in [0.15, 0.2) is 0 Å². The molecule has 0 bridgehead atoms. The van der Waals surface area contributed by atoms with Crippen LogP contribution >= 0.6 is 0 Å². The normalized spacial score (nSPS) is 13.3. The third-order valence-electron chi connectivity index (χ3n) is 5.27. The highest BCUT2D eigenvalue weighted by Crippen LogP contribution is 2.38. The van der Waals surface area contributed by atoms with Crippen molar-refractivity contribution < 1.29 is 8.78 Å². The van der Waals surface area contributed by atoms with Gasteiger partial charge in [-0.2, -0.15) is 5.10 Å². The fourth-order valence-corrected chi connectivity index (χ4v) is 3.84. The molecule has 1 aliphatic heterocycles. The number of nitrogens with zero attached hydrogens (tertiary/aromatic N) is 3. The third-order valence-corrected chi connectivity index (χ3v) is 5.27. The number of fused-ring (bicyclic) bond motifs is 2. The van der Waals surface area contributed by atoms with Crippen molar-refractivity contribution in [3.8, 4) is 22.5 Å². The monoisotopic (exact) mass is 361 g/mol. The number of hydrogen-bond donors (Lipinski definition) is 0. The zero-order chi connectivity index (χ0) is 18.5. The van der Waals surface area contributed by atoms with Gasteiger partial charge in [0, 0.05) is 34.3 Å². The van der Waals surface area contributed by atoms with Gasteiger partial charge in [0.25, 0.3) is 0 Å². The number of rotatable bonds is 2. The molecule has 0 radical (unpaired) electrons. The number of halogens is 2. The number of para-hydroxylation sites is 1. The highest BCUT2D eigenvalue weighted by atomic mass is 19.1. The molecule has 0 saturated heterocycles. The van der Waals surface area contributed by atoms with E-state index in [2.05, 4.69) is 5.10 Å². The second kappa shape index (κ2) is 5.98. The number of hydrogen-bond acceptors (Lipinski definition) is 2. The van der Waals surface area contributed by atoms with Gasteiger partial charge >= 0.3 is 0 Å². The van der Waals surface area contributed by atoms with Crippen molar-refractivity contribution in [3.05, 3.63) is 71.4 Å². The predicted molar refractivity (Wildman–Crippen MR) is 101 cm³/mol. The van der Waals surface area contributed by atoms with E-state index in [9.17, 15) is 8.78 Å². The smallest absolute Gasteiger partial charge is 0.138 e. The highest BCUT2D eigenvalue weighted by molar-refractivity contribution is 5.86. The summed E-state index contributed by atoms with van der Waals surface area (Å²) >= 11 is 0. The summed E-state index contributed by atoms with van der Waals surface area (Å²) in [4.78, 5) is 4.80. The lowest BCUT2D eigenvalue weighted by Crippen LogP contribution is -1.97. The molecule has 0 unspecified atom stereocenters. The first kappa shape index (κ1) is 16.1. The molecule has 2 aromatic heterocycles. The zero-order valence-corrected chi connectivity index (χ0v) is 14.8. The molecule has 0 saturated carbocycles. The highest BCUT2D eigenvalue weighted by Gasteiger charge is 2.27. The van der Waals surface area contributed by atoms with Crippen molar-refractivity contribution in [2.75, 3.05) is 0 Å². The van der Waals surface area contributed by atoms with E-state index >= 15 is 0 Å². The molecule has 27 heavy (non-hydrogen) atoms. The van der Waals surface area contributed by atoms with Crippen LogP contribution in [-0.4, -0.2) is 14.8 Å². The standard InChI is InChI=1S/C22H17F2N3/c1-13-16(23)10-9-15(21(13)24)22-20(19-7-4-12-27(19)26-22)18-11-8-14-5-2-3-6-17(14)25-18/h2-3,5-6,8-11H,4,7,12H2,1H3. The van der Waals surface area contributed by atoms with Gasteiger partial charge in [-0.15, -0.1) is 0 Å². The summed E-state index contributed by atoms with van der Waals surface area (Å²) in [6.07, 6.45) is 1.88. The fourth-order valence-electron chi connectivity index (χ4n) is 3.84. The summed E-state index contributed by atoms with van der Waals surface area (Å²) in [6.45, 7) is 2.25. The summed E-state index contributed by atoms with van der Waals surface area (Å²) in [5.41, 5.74) is 4.44. The van der Waals surface area contributed by atoms with Gasteiger partial charge in [-0.25, -0.2) is 13.8 Å². The van der Waals surface area contributed by atoms with Crippen LogP contribution in [0.2, 0.25) is 0 Å². The van der Waals surface area contributed by atoms with Crippen molar-refractivity contribution in [1.29, 1.82) is 0 Å². The molecular weight excluding hydrogens is 344 g/mol. The van der Waals surface area contributed by atoms with Gasteiger partial charge in [0.05, 0.1) is 11.2 Å². The maximum Gasteiger partial charge on any atom is 0.138 e. The molecule has 5 rings (SSSR count). The maximum atomic E-state index is 14.9. The average molecular weight is 361 g/mol. The summed E-state index contributed by atoms with van der Waals surface area (Å²) in [7, 11) is 0. The van der Waals surface area contributed by atoms with Crippen LogP contribution in [0, 0.1) is 18.6 Å². The van der Waals surface area contributed by atoms with E-state index in [0.717, 1.165) is 47.2 Å². The molecular formula is C22H17F2N3. The molecule has 1 aliphatic rings. The van der Waals surface area contributed by atoms with Crippen LogP contribution in [-0.2, 0) is 13.0 Å². The lowest BCUT2D eigenvalue weighted by Gasteiger charge is -2.09. The quantitative estimate of drug-likeness (QED) is 0.485. The Morgan fingerprint density at radius 3 is 2.74 bits per heavy atom. The minimum atomic E-state index is -0.561. The minimum Gasteiger partial charge on any atom is -0.268 e. The van der Waals surface area contributed by atoms with Crippen LogP contribution in [0.15, 0.2) is 48.5 Å². The second-order valence-corrected chi connectivity index (χ2v) is 6.92. The summed E-state index contributed by atoms with van der Waals surface area (Å²) in [5.74, 6) is -1.11. The number of benzene rings is 2. The van der Waals surface area contributed by atoms with E-state index in [1.54, 1.807) is 0 Å². The SMILES string of the molecule is Cc1c(F)ccc(-c2nn3c(c2-c2ccc4ccccc4n2)CCC3)c1F. The van der Waals surface area contributed by atoms with Crippen molar-refractivity contribution in [3.63, 3.8) is 0 Å². The minimum absolute atomic E-state index is 0.0121. The van der Waals surface area contributed by atoms with Gasteiger partial charge in [0.2, 0.25) is 0 Å². The Kier molecular flexibility index (Phi) is 3.57. The van der Waals surface area contributed by atoms with Gasteiger partial charge in [-0.1, -0.05) is 24.3 Å². The first-order valence-electron chi connectivity index (χ1n) is 9.04. The van der Waals surface area contributed by atoms with Gasteiger partial charge < -0.3 is 0 Å². The van der Waals surface area contributed by atoms with Crippen LogP contribution in [0.25, 0.3) is 33.4 Å². The predicted octanol–water partition coefficient (Wildman–Crippen LogP) is 5.30. The molecule has 0 aliphatic carbocycles. The van der Waals surface area contributed by atoms with E-state index in [1.807, 2.05) is 41.1 Å². The van der Waals surface area contributed by atoms with Crippen LogP contribution in [0.1, 0.15) is 17.7 Å². The Balaban J connectivity index is 1.78. The molecule has 0 spiro atoms. The van der Waals surface area contributed by atoms with Crippen LogP contribution in [0.4, 0.5) is 8.78 Å². The summed E-state index contributed by atoms with van der Waals surface area (Å²) < 4.78 is 30.5. The third kappa shape index (κ3) is 2.46. The van der Waals surface area contributed by atoms with Crippen molar-refractivity contribution in [1.82, 2.24) is 14.8 Å². The van der Waals surface area contributed by atoms with E-state index in [1.165, 1.54) is 19.1 Å². The van der Waals surface area contributed by atoms with Crippen molar-refractivity contribution in [2.45, 2.75) is 26.3 Å². The van der Waals surface area contributed by atoms with E-state index in [-0.39, 0.29) is 5.56 Å². The lowest BCUT2D eigenvalue weighted by atomic mass is 9.99. The van der Waals surface area contributed by atoms with Crippen LogP contribution < -0.4 is 0 Å². The molecule has 4 aromatic rings. The fraction of sp³-hybridized carbons (Fsp3) is 0.182. The van der Waals surface area contributed by atoms with E-state index < -0.39 is 11.6 Å². The average Bonchev–Trinajstić information content (AvgIpc) is 3.27. The van der Waals surface area contributed by atoms with Crippen LogP contribution in [0.5, 0.6) is 0 Å². The van der Waals surface area contributed by atoms with E-state index in [4.69, 9.17) is 4.98 Å². The first-order chi connectivity index (χ1) is 13.1. The molecule has 0 N–H and O–H groups in total. The van der Waals surface area contributed by atoms with Gasteiger partial charge in [-0.05, 0) is 44.0 Å². The van der Waals surface area contributed by atoms with Crippen LogP contribution in [0.3, 0.4) is 0 Å². The van der Waals surface area contributed by atoms with Crippen molar-refractivity contribution >= 4 is 10.9 Å². The maximum absolute atomic E-state index is 14.9. The summed E-state index contributed by atoms with van der Waals surface area (Å²) in [6, 6.07) is 14.7. The molecule has 0 atom stereocenters. The molecule has 134 valence electrons. The Bertz CT molecular complexity index is 1190. The Morgan fingerprint density at radius 2 is 1.85 bits per heavy atom. The van der Waals surface area contributed by atoms with Gasteiger partial charge in [0.1, 0.15) is 17.3 Å². The molecule has 3 heterocycles. The second-order valence-electron chi connectivity index (χ2n) is 6.92. The first-order valence-corrected chi connectivity index (χ1v) is 9.04. The number of pyridine rings is 1. The molecule has 0 fully saturated rings.